The molecule has 3 heterocycles. The van der Waals surface area contributed by atoms with Crippen molar-refractivity contribution in [3.8, 4) is 11.3 Å². The Labute approximate surface area is 177 Å². The number of piperidine rings is 1. The van der Waals surface area contributed by atoms with Crippen LogP contribution in [0.5, 0.6) is 0 Å². The summed E-state index contributed by atoms with van der Waals surface area (Å²) in [5, 5.41) is 13.2. The van der Waals surface area contributed by atoms with Gasteiger partial charge in [0.15, 0.2) is 5.82 Å². The highest BCUT2D eigenvalue weighted by atomic mass is 35.5. The Bertz CT molecular complexity index is 997. The van der Waals surface area contributed by atoms with Crippen molar-refractivity contribution in [3.63, 3.8) is 0 Å². The standard InChI is InChI=1S/C20H26ClN5O2S/c1-25-10-3-4-16(12-25)22-20-17-9-11-26(29(2,27)28)13-18(17)19(23-24-20)14-5-7-15(21)8-6-14/h5-8,16H,3-4,9-13H2,1-2H3,(H,22,24). The van der Waals surface area contributed by atoms with Crippen molar-refractivity contribution in [3.05, 3.63) is 40.4 Å². The molecule has 2 aromatic rings. The molecule has 0 bridgehead atoms. The van der Waals surface area contributed by atoms with E-state index in [2.05, 4.69) is 27.5 Å². The maximum Gasteiger partial charge on any atom is 0.211 e. The number of likely N-dealkylation sites (N-methyl/N-ethyl adjacent to an activating group) is 1. The molecule has 0 amide bonds. The molecule has 29 heavy (non-hydrogen) atoms. The van der Waals surface area contributed by atoms with Gasteiger partial charge >= 0.3 is 0 Å². The van der Waals surface area contributed by atoms with Crippen LogP contribution in [0.2, 0.25) is 5.02 Å². The van der Waals surface area contributed by atoms with Crippen molar-refractivity contribution in [2.24, 2.45) is 0 Å². The van der Waals surface area contributed by atoms with E-state index in [0.717, 1.165) is 54.1 Å². The van der Waals surface area contributed by atoms with Crippen molar-refractivity contribution >= 4 is 27.4 Å². The van der Waals surface area contributed by atoms with E-state index in [9.17, 15) is 8.42 Å². The molecule has 2 aliphatic heterocycles. The first kappa shape index (κ1) is 20.5. The topological polar surface area (TPSA) is 78.4 Å². The molecule has 1 atom stereocenters. The predicted molar refractivity (Wildman–Crippen MR) is 116 cm³/mol. The second-order valence-electron chi connectivity index (χ2n) is 7.95. The van der Waals surface area contributed by atoms with E-state index in [-0.39, 0.29) is 0 Å². The molecule has 1 aromatic heterocycles. The van der Waals surface area contributed by atoms with Gasteiger partial charge in [0.2, 0.25) is 10.0 Å². The Kier molecular flexibility index (Phi) is 5.79. The van der Waals surface area contributed by atoms with Gasteiger partial charge in [-0.15, -0.1) is 10.2 Å². The third-order valence-electron chi connectivity index (χ3n) is 5.68. The first-order valence-electron chi connectivity index (χ1n) is 9.86. The highest BCUT2D eigenvalue weighted by molar-refractivity contribution is 7.88. The second kappa shape index (κ2) is 8.18. The SMILES string of the molecule is CN1CCCC(Nc2nnc(-c3ccc(Cl)cc3)c3c2CCN(S(C)(=O)=O)C3)C1. The van der Waals surface area contributed by atoms with E-state index in [0.29, 0.717) is 30.6 Å². The lowest BCUT2D eigenvalue weighted by atomic mass is 9.96. The molecule has 1 fully saturated rings. The Morgan fingerprint density at radius 3 is 2.59 bits per heavy atom. The zero-order chi connectivity index (χ0) is 20.6. The number of likely N-dealkylation sites (tertiary alicyclic amines) is 1. The third kappa shape index (κ3) is 4.55. The molecule has 1 N–H and O–H groups in total. The van der Waals surface area contributed by atoms with E-state index >= 15 is 0 Å². The van der Waals surface area contributed by atoms with Crippen LogP contribution in [-0.2, 0) is 23.0 Å². The van der Waals surface area contributed by atoms with Crippen LogP contribution >= 0.6 is 11.6 Å². The quantitative estimate of drug-likeness (QED) is 0.795. The third-order valence-corrected chi connectivity index (χ3v) is 7.19. The van der Waals surface area contributed by atoms with Gasteiger partial charge in [0.1, 0.15) is 0 Å². The van der Waals surface area contributed by atoms with Gasteiger partial charge in [-0.3, -0.25) is 0 Å². The molecule has 0 spiro atoms. The van der Waals surface area contributed by atoms with Crippen LogP contribution in [0.3, 0.4) is 0 Å². The summed E-state index contributed by atoms with van der Waals surface area (Å²) < 4.78 is 25.9. The van der Waals surface area contributed by atoms with Crippen molar-refractivity contribution in [2.75, 3.05) is 38.3 Å². The van der Waals surface area contributed by atoms with E-state index in [1.807, 2.05) is 24.3 Å². The summed E-state index contributed by atoms with van der Waals surface area (Å²) in [5.74, 6) is 0.783. The molecule has 156 valence electrons. The Balaban J connectivity index is 1.73. The summed E-state index contributed by atoms with van der Waals surface area (Å²) in [6.07, 6.45) is 4.11. The van der Waals surface area contributed by atoms with Crippen LogP contribution in [0, 0.1) is 0 Å². The Hall–Kier alpha value is -1.74. The summed E-state index contributed by atoms with van der Waals surface area (Å²) in [6.45, 7) is 2.84. The number of rotatable bonds is 4. The molecule has 0 aliphatic carbocycles. The second-order valence-corrected chi connectivity index (χ2v) is 10.4. The first-order chi connectivity index (χ1) is 13.8. The maximum absolute atomic E-state index is 12.2. The average molecular weight is 436 g/mol. The number of halogens is 1. The molecular formula is C20H26ClN5O2S. The van der Waals surface area contributed by atoms with Crippen LogP contribution in [0.4, 0.5) is 5.82 Å². The fraction of sp³-hybridized carbons (Fsp3) is 0.500. The van der Waals surface area contributed by atoms with Gasteiger partial charge in [0, 0.05) is 47.4 Å². The van der Waals surface area contributed by atoms with Gasteiger partial charge in [0.25, 0.3) is 0 Å². The van der Waals surface area contributed by atoms with Gasteiger partial charge in [-0.2, -0.15) is 4.31 Å². The van der Waals surface area contributed by atoms with E-state index in [1.54, 1.807) is 0 Å². The molecule has 7 nitrogen and oxygen atoms in total. The van der Waals surface area contributed by atoms with Crippen molar-refractivity contribution in [1.29, 1.82) is 0 Å². The summed E-state index contributed by atoms with van der Waals surface area (Å²) in [7, 11) is -1.16. The van der Waals surface area contributed by atoms with Gasteiger partial charge in [-0.1, -0.05) is 23.7 Å². The largest absolute Gasteiger partial charge is 0.364 e. The molecule has 2 aliphatic rings. The fourth-order valence-electron chi connectivity index (χ4n) is 4.15. The Morgan fingerprint density at radius 2 is 1.90 bits per heavy atom. The molecule has 1 aromatic carbocycles. The summed E-state index contributed by atoms with van der Waals surface area (Å²) in [5.41, 5.74) is 3.59. The summed E-state index contributed by atoms with van der Waals surface area (Å²) in [6, 6.07) is 7.74. The van der Waals surface area contributed by atoms with Crippen LogP contribution < -0.4 is 5.32 Å². The lowest BCUT2D eigenvalue weighted by molar-refractivity contribution is 0.260. The zero-order valence-electron chi connectivity index (χ0n) is 16.7. The molecule has 9 heteroatoms. The molecule has 1 saturated heterocycles. The first-order valence-corrected chi connectivity index (χ1v) is 12.1. The normalized spacial score (nSPS) is 21.0. The lowest BCUT2D eigenvalue weighted by Gasteiger charge is -2.33. The molecule has 4 rings (SSSR count). The minimum absolute atomic E-state index is 0.306. The fourth-order valence-corrected chi connectivity index (χ4v) is 5.07. The minimum atomic E-state index is -3.28. The molecule has 0 saturated carbocycles. The number of benzene rings is 1. The highest BCUT2D eigenvalue weighted by Crippen LogP contribution is 2.33. The number of anilines is 1. The maximum atomic E-state index is 12.2. The molecule has 0 radical (unpaired) electrons. The van der Waals surface area contributed by atoms with Crippen LogP contribution in [0.15, 0.2) is 24.3 Å². The van der Waals surface area contributed by atoms with Gasteiger partial charge in [-0.25, -0.2) is 8.42 Å². The van der Waals surface area contributed by atoms with Crippen molar-refractivity contribution in [2.45, 2.75) is 31.8 Å². The van der Waals surface area contributed by atoms with Crippen LogP contribution in [-0.4, -0.2) is 66.8 Å². The van der Waals surface area contributed by atoms with Crippen molar-refractivity contribution in [1.82, 2.24) is 19.4 Å². The smallest absolute Gasteiger partial charge is 0.211 e. The van der Waals surface area contributed by atoms with Crippen LogP contribution in [0.25, 0.3) is 11.3 Å². The average Bonchev–Trinajstić information content (AvgIpc) is 2.68. The lowest BCUT2D eigenvalue weighted by Crippen LogP contribution is -2.41. The van der Waals surface area contributed by atoms with Gasteiger partial charge in [0.05, 0.1) is 11.9 Å². The highest BCUT2D eigenvalue weighted by Gasteiger charge is 2.29. The predicted octanol–water partition coefficient (Wildman–Crippen LogP) is 2.62. The van der Waals surface area contributed by atoms with E-state index in [4.69, 9.17) is 11.6 Å². The summed E-state index contributed by atoms with van der Waals surface area (Å²) in [4.78, 5) is 2.31. The number of hydrogen-bond acceptors (Lipinski definition) is 6. The van der Waals surface area contributed by atoms with Gasteiger partial charge in [-0.05, 0) is 45.0 Å². The number of nitrogens with zero attached hydrogens (tertiary/aromatic N) is 4. The van der Waals surface area contributed by atoms with E-state index < -0.39 is 10.0 Å². The monoisotopic (exact) mass is 435 g/mol. The van der Waals surface area contributed by atoms with E-state index in [1.165, 1.54) is 10.6 Å². The number of fused-ring (bicyclic) bond motifs is 1. The van der Waals surface area contributed by atoms with Crippen molar-refractivity contribution < 1.29 is 8.42 Å². The number of nitrogens with one attached hydrogen (secondary N) is 1. The molecular weight excluding hydrogens is 410 g/mol. The minimum Gasteiger partial charge on any atom is -0.364 e. The number of aromatic nitrogens is 2. The number of hydrogen-bond donors (Lipinski definition) is 1. The number of sulfonamides is 1. The van der Waals surface area contributed by atoms with Gasteiger partial charge < -0.3 is 10.2 Å². The molecule has 1 unspecified atom stereocenters. The Morgan fingerprint density at radius 1 is 1.14 bits per heavy atom. The zero-order valence-corrected chi connectivity index (χ0v) is 18.3. The van der Waals surface area contributed by atoms with Crippen LogP contribution in [0.1, 0.15) is 24.0 Å². The summed E-state index contributed by atoms with van der Waals surface area (Å²) >= 11 is 6.03.